The van der Waals surface area contributed by atoms with E-state index < -0.39 is 0 Å². The number of carbonyl (C=O) groups is 2. The van der Waals surface area contributed by atoms with Gasteiger partial charge in [0.1, 0.15) is 17.2 Å². The number of para-hydroxylation sites is 1. The molecule has 0 heterocycles. The van der Waals surface area contributed by atoms with Crippen LogP contribution in [0.1, 0.15) is 26.7 Å². The van der Waals surface area contributed by atoms with Crippen LogP contribution in [0.2, 0.25) is 0 Å². The zero-order valence-corrected chi connectivity index (χ0v) is 16.7. The number of amides is 2. The summed E-state index contributed by atoms with van der Waals surface area (Å²) in [5, 5.41) is 5.70. The molecule has 7 heteroatoms. The van der Waals surface area contributed by atoms with Crippen LogP contribution in [-0.4, -0.2) is 31.6 Å². The summed E-state index contributed by atoms with van der Waals surface area (Å²) in [6, 6.07) is 12.5. The van der Waals surface area contributed by atoms with Crippen LogP contribution in [0.3, 0.4) is 0 Å². The van der Waals surface area contributed by atoms with Crippen molar-refractivity contribution in [1.29, 1.82) is 0 Å². The third kappa shape index (κ3) is 5.88. The minimum atomic E-state index is -0.327. The Balaban J connectivity index is 1.75. The van der Waals surface area contributed by atoms with E-state index in [0.29, 0.717) is 41.8 Å². The quantitative estimate of drug-likeness (QED) is 0.635. The number of carbonyl (C=O) groups excluding carboxylic acids is 2. The molecule has 154 valence electrons. The molecule has 3 rings (SSSR count). The van der Waals surface area contributed by atoms with Crippen LogP contribution in [0, 0.1) is 5.92 Å². The maximum Gasteiger partial charge on any atom is 0.262 e. The van der Waals surface area contributed by atoms with Crippen molar-refractivity contribution in [2.45, 2.75) is 26.7 Å². The smallest absolute Gasteiger partial charge is 0.262 e. The Bertz CT molecular complexity index is 850. The number of ether oxygens (including phenoxy) is 3. The molecule has 0 aliphatic heterocycles. The molecule has 2 amide bonds. The van der Waals surface area contributed by atoms with Crippen LogP contribution in [0.4, 0.5) is 11.4 Å². The second-order valence-corrected chi connectivity index (χ2v) is 6.62. The summed E-state index contributed by atoms with van der Waals surface area (Å²) in [6.45, 7) is 4.40. The molecule has 0 atom stereocenters. The summed E-state index contributed by atoms with van der Waals surface area (Å²) >= 11 is 0. The molecule has 0 radical (unpaired) electrons. The molecule has 0 spiro atoms. The summed E-state index contributed by atoms with van der Waals surface area (Å²) in [5.41, 5.74) is 0.993. The summed E-state index contributed by atoms with van der Waals surface area (Å²) < 4.78 is 16.8. The summed E-state index contributed by atoms with van der Waals surface area (Å²) in [5.74, 6) is 1.25. The Kier molecular flexibility index (Phi) is 6.94. The first kappa shape index (κ1) is 20.5. The normalized spacial score (nSPS) is 12.8. The van der Waals surface area contributed by atoms with E-state index in [0.717, 1.165) is 12.8 Å². The van der Waals surface area contributed by atoms with Crippen molar-refractivity contribution < 1.29 is 23.8 Å². The first-order valence-corrected chi connectivity index (χ1v) is 9.82. The van der Waals surface area contributed by atoms with Gasteiger partial charge in [0.15, 0.2) is 6.61 Å². The molecule has 2 aromatic rings. The maximum atomic E-state index is 12.4. The minimum absolute atomic E-state index is 0.0264. The second-order valence-electron chi connectivity index (χ2n) is 6.62. The molecule has 2 aromatic carbocycles. The Morgan fingerprint density at radius 3 is 2.03 bits per heavy atom. The zero-order valence-electron chi connectivity index (χ0n) is 16.7. The summed E-state index contributed by atoms with van der Waals surface area (Å²) in [4.78, 5) is 24.6. The van der Waals surface area contributed by atoms with Gasteiger partial charge in [-0.1, -0.05) is 18.2 Å². The summed E-state index contributed by atoms with van der Waals surface area (Å²) in [7, 11) is 0. The van der Waals surface area contributed by atoms with Crippen molar-refractivity contribution in [3.05, 3.63) is 42.5 Å². The molecule has 0 saturated heterocycles. The van der Waals surface area contributed by atoms with E-state index >= 15 is 0 Å². The Labute approximate surface area is 170 Å². The monoisotopic (exact) mass is 398 g/mol. The highest BCUT2D eigenvalue weighted by Crippen LogP contribution is 2.38. The van der Waals surface area contributed by atoms with Crippen molar-refractivity contribution >= 4 is 23.2 Å². The Morgan fingerprint density at radius 1 is 0.897 bits per heavy atom. The lowest BCUT2D eigenvalue weighted by atomic mass is 10.2. The van der Waals surface area contributed by atoms with Crippen molar-refractivity contribution in [1.82, 2.24) is 0 Å². The van der Waals surface area contributed by atoms with Gasteiger partial charge in [-0.3, -0.25) is 9.59 Å². The van der Waals surface area contributed by atoms with Crippen LogP contribution in [0.25, 0.3) is 0 Å². The fraction of sp³-hybridized carbons (Fsp3) is 0.364. The SMILES string of the molecule is CCOc1cc(NC(=O)C2CC2)c(OCC)cc1NC(=O)COc1ccccc1. The average molecular weight is 398 g/mol. The van der Waals surface area contributed by atoms with Gasteiger partial charge < -0.3 is 24.8 Å². The largest absolute Gasteiger partial charge is 0.492 e. The first-order chi connectivity index (χ1) is 14.1. The zero-order chi connectivity index (χ0) is 20.6. The fourth-order valence-corrected chi connectivity index (χ4v) is 2.74. The van der Waals surface area contributed by atoms with Gasteiger partial charge in [0.05, 0.1) is 24.6 Å². The van der Waals surface area contributed by atoms with Gasteiger partial charge in [0, 0.05) is 18.1 Å². The standard InChI is InChI=1S/C22H26N2O5/c1-3-27-19-13-18(24-22(26)15-10-11-15)20(28-4-2)12-17(19)23-21(25)14-29-16-8-6-5-7-9-16/h5-9,12-13,15H,3-4,10-11,14H2,1-2H3,(H,23,25)(H,24,26). The first-order valence-electron chi connectivity index (χ1n) is 9.82. The highest BCUT2D eigenvalue weighted by molar-refractivity contribution is 5.98. The molecular weight excluding hydrogens is 372 g/mol. The molecule has 2 N–H and O–H groups in total. The van der Waals surface area contributed by atoms with Gasteiger partial charge in [-0.2, -0.15) is 0 Å². The maximum absolute atomic E-state index is 12.4. The van der Waals surface area contributed by atoms with Gasteiger partial charge >= 0.3 is 0 Å². The van der Waals surface area contributed by atoms with Gasteiger partial charge in [-0.05, 0) is 38.8 Å². The van der Waals surface area contributed by atoms with Crippen molar-refractivity contribution in [3.8, 4) is 17.2 Å². The fourth-order valence-electron chi connectivity index (χ4n) is 2.74. The van der Waals surface area contributed by atoms with Crippen molar-refractivity contribution in [3.63, 3.8) is 0 Å². The number of anilines is 2. The number of hydrogen-bond acceptors (Lipinski definition) is 5. The molecule has 1 saturated carbocycles. The minimum Gasteiger partial charge on any atom is -0.492 e. The predicted molar refractivity (Wildman–Crippen MR) is 111 cm³/mol. The van der Waals surface area contributed by atoms with Crippen LogP contribution < -0.4 is 24.8 Å². The van der Waals surface area contributed by atoms with E-state index in [1.54, 1.807) is 24.3 Å². The Morgan fingerprint density at radius 2 is 1.48 bits per heavy atom. The molecule has 7 nitrogen and oxygen atoms in total. The molecule has 0 unspecified atom stereocenters. The van der Waals surface area contributed by atoms with Crippen LogP contribution >= 0.6 is 0 Å². The van der Waals surface area contributed by atoms with Crippen molar-refractivity contribution in [2.24, 2.45) is 5.92 Å². The van der Waals surface area contributed by atoms with E-state index in [1.807, 2.05) is 32.0 Å². The van der Waals surface area contributed by atoms with Crippen LogP contribution in [0.5, 0.6) is 17.2 Å². The Hall–Kier alpha value is -3.22. The van der Waals surface area contributed by atoms with E-state index in [9.17, 15) is 9.59 Å². The van der Waals surface area contributed by atoms with Crippen molar-refractivity contribution in [2.75, 3.05) is 30.5 Å². The van der Waals surface area contributed by atoms with E-state index in [2.05, 4.69) is 10.6 Å². The van der Waals surface area contributed by atoms with Gasteiger partial charge in [0.25, 0.3) is 5.91 Å². The third-order valence-electron chi connectivity index (χ3n) is 4.27. The molecular formula is C22H26N2O5. The highest BCUT2D eigenvalue weighted by atomic mass is 16.5. The van der Waals surface area contributed by atoms with Crippen LogP contribution in [-0.2, 0) is 9.59 Å². The highest BCUT2D eigenvalue weighted by Gasteiger charge is 2.30. The average Bonchev–Trinajstić information content (AvgIpc) is 3.56. The van der Waals surface area contributed by atoms with E-state index in [4.69, 9.17) is 14.2 Å². The van der Waals surface area contributed by atoms with Gasteiger partial charge in [-0.15, -0.1) is 0 Å². The number of rotatable bonds is 10. The molecule has 0 bridgehead atoms. The topological polar surface area (TPSA) is 85.9 Å². The van der Waals surface area contributed by atoms with Gasteiger partial charge in [0.2, 0.25) is 5.91 Å². The number of nitrogens with one attached hydrogen (secondary N) is 2. The predicted octanol–water partition coefficient (Wildman–Crippen LogP) is 3.85. The third-order valence-corrected chi connectivity index (χ3v) is 4.27. The lowest BCUT2D eigenvalue weighted by Gasteiger charge is -2.18. The summed E-state index contributed by atoms with van der Waals surface area (Å²) in [6.07, 6.45) is 1.81. The molecule has 0 aromatic heterocycles. The second kappa shape index (κ2) is 9.82. The molecule has 29 heavy (non-hydrogen) atoms. The van der Waals surface area contributed by atoms with Crippen LogP contribution in [0.15, 0.2) is 42.5 Å². The van der Waals surface area contributed by atoms with Gasteiger partial charge in [-0.25, -0.2) is 0 Å². The van der Waals surface area contributed by atoms with E-state index in [-0.39, 0.29) is 24.3 Å². The molecule has 1 fully saturated rings. The molecule has 1 aliphatic rings. The lowest BCUT2D eigenvalue weighted by Crippen LogP contribution is -2.21. The molecule has 1 aliphatic carbocycles. The number of benzene rings is 2. The number of hydrogen-bond donors (Lipinski definition) is 2. The van der Waals surface area contributed by atoms with E-state index in [1.165, 1.54) is 0 Å². The lowest BCUT2D eigenvalue weighted by molar-refractivity contribution is -0.118.